The summed E-state index contributed by atoms with van der Waals surface area (Å²) in [5.74, 6) is -0.104. The lowest BCUT2D eigenvalue weighted by atomic mass is 10.1. The van der Waals surface area contributed by atoms with Crippen molar-refractivity contribution in [3.05, 3.63) is 59.2 Å². The van der Waals surface area contributed by atoms with Crippen molar-refractivity contribution in [1.29, 1.82) is 0 Å². The molecule has 1 heterocycles. The molecule has 1 fully saturated rings. The van der Waals surface area contributed by atoms with E-state index in [1.165, 1.54) is 0 Å². The number of likely N-dealkylation sites (tertiary alicyclic amines) is 1. The van der Waals surface area contributed by atoms with Gasteiger partial charge in [-0.3, -0.25) is 9.59 Å². The number of hydrogen-bond acceptors (Lipinski definition) is 4. The van der Waals surface area contributed by atoms with Gasteiger partial charge >= 0.3 is 5.97 Å². The fourth-order valence-corrected chi connectivity index (χ4v) is 3.22. The van der Waals surface area contributed by atoms with Crippen molar-refractivity contribution in [3.63, 3.8) is 0 Å². The van der Waals surface area contributed by atoms with Crippen molar-refractivity contribution < 1.29 is 24.2 Å². The fraction of sp³-hybridized carbons (Fsp3) is 0.364. The molecule has 2 aromatic carbocycles. The molecule has 0 radical (unpaired) electrons. The van der Waals surface area contributed by atoms with Crippen LogP contribution in [-0.2, 0) is 16.1 Å². The van der Waals surface area contributed by atoms with Crippen molar-refractivity contribution in [3.8, 4) is 11.5 Å². The van der Waals surface area contributed by atoms with Crippen LogP contribution in [0.2, 0.25) is 0 Å². The van der Waals surface area contributed by atoms with Crippen molar-refractivity contribution in [2.75, 3.05) is 19.8 Å². The average Bonchev–Trinajstić information content (AvgIpc) is 3.03. The number of ether oxygens (including phenoxy) is 2. The van der Waals surface area contributed by atoms with Crippen molar-refractivity contribution in [1.82, 2.24) is 4.90 Å². The quantitative estimate of drug-likeness (QED) is 0.709. The van der Waals surface area contributed by atoms with Gasteiger partial charge in [-0.05, 0) is 48.7 Å². The number of carbonyl (C=O) groups excluding carboxylic acids is 1. The molecule has 0 aromatic heterocycles. The number of carboxylic acid groups (broad SMARTS) is 1. The third-order valence-electron chi connectivity index (χ3n) is 4.79. The summed E-state index contributed by atoms with van der Waals surface area (Å²) >= 11 is 0. The second kappa shape index (κ2) is 8.78. The van der Waals surface area contributed by atoms with Gasteiger partial charge in [-0.15, -0.1) is 0 Å². The second-order valence-electron chi connectivity index (χ2n) is 7.13. The molecule has 0 saturated carbocycles. The zero-order chi connectivity index (χ0) is 20.1. The van der Waals surface area contributed by atoms with Crippen LogP contribution in [0.4, 0.5) is 0 Å². The molecule has 0 aliphatic carbocycles. The van der Waals surface area contributed by atoms with Crippen LogP contribution in [0.3, 0.4) is 0 Å². The Kier molecular flexibility index (Phi) is 6.19. The molecular weight excluding hydrogens is 358 g/mol. The lowest BCUT2D eigenvalue weighted by molar-refractivity contribution is -0.141. The van der Waals surface area contributed by atoms with Gasteiger partial charge < -0.3 is 19.5 Å². The molecule has 1 aliphatic rings. The number of carbonyl (C=O) groups is 2. The first-order valence-electron chi connectivity index (χ1n) is 9.35. The summed E-state index contributed by atoms with van der Waals surface area (Å²) in [4.78, 5) is 24.7. The van der Waals surface area contributed by atoms with Crippen LogP contribution in [0.5, 0.6) is 11.5 Å². The van der Waals surface area contributed by atoms with Gasteiger partial charge in [-0.2, -0.15) is 0 Å². The minimum Gasteiger partial charge on any atom is -0.490 e. The number of carboxylic acids is 1. The first-order chi connectivity index (χ1) is 13.4. The van der Waals surface area contributed by atoms with Gasteiger partial charge in [-0.25, -0.2) is 0 Å². The Morgan fingerprint density at radius 1 is 1.14 bits per heavy atom. The standard InChI is InChI=1S/C22H25NO5/c1-15-6-7-16(2)20(10-15)28-9-8-27-19-5-3-4-17(11-19)13-23-14-18(22(25)26)12-21(23)24/h3-7,10-11,18H,8-9,12-14H2,1-2H3,(H,25,26). The highest BCUT2D eigenvalue weighted by Crippen LogP contribution is 2.22. The number of benzene rings is 2. The van der Waals surface area contributed by atoms with E-state index in [0.717, 1.165) is 22.4 Å². The number of rotatable bonds is 8. The maximum atomic E-state index is 12.0. The second-order valence-corrected chi connectivity index (χ2v) is 7.13. The maximum absolute atomic E-state index is 12.0. The molecule has 148 valence electrons. The predicted molar refractivity (Wildman–Crippen MR) is 105 cm³/mol. The highest BCUT2D eigenvalue weighted by molar-refractivity contribution is 5.86. The Morgan fingerprint density at radius 2 is 1.93 bits per heavy atom. The summed E-state index contributed by atoms with van der Waals surface area (Å²) in [6.45, 7) is 5.51. The van der Waals surface area contributed by atoms with Gasteiger partial charge in [-0.1, -0.05) is 24.3 Å². The molecule has 6 heteroatoms. The molecule has 1 unspecified atom stereocenters. The SMILES string of the molecule is Cc1ccc(C)c(OCCOc2cccc(CN3CC(C(=O)O)CC3=O)c2)c1. The van der Waals surface area contributed by atoms with E-state index in [2.05, 4.69) is 0 Å². The van der Waals surface area contributed by atoms with E-state index in [-0.39, 0.29) is 18.9 Å². The summed E-state index contributed by atoms with van der Waals surface area (Å²) in [5.41, 5.74) is 3.14. The molecule has 0 spiro atoms. The van der Waals surface area contributed by atoms with Gasteiger partial charge in [0.1, 0.15) is 24.7 Å². The van der Waals surface area contributed by atoms with E-state index in [9.17, 15) is 9.59 Å². The molecule has 1 atom stereocenters. The van der Waals surface area contributed by atoms with E-state index >= 15 is 0 Å². The highest BCUT2D eigenvalue weighted by atomic mass is 16.5. The van der Waals surface area contributed by atoms with Crippen LogP contribution in [-0.4, -0.2) is 41.6 Å². The number of aliphatic carboxylic acids is 1. The van der Waals surface area contributed by atoms with E-state index in [0.29, 0.717) is 25.5 Å². The Balaban J connectivity index is 1.50. The van der Waals surface area contributed by atoms with Crippen molar-refractivity contribution >= 4 is 11.9 Å². The fourth-order valence-electron chi connectivity index (χ4n) is 3.22. The molecule has 28 heavy (non-hydrogen) atoms. The largest absolute Gasteiger partial charge is 0.490 e. The van der Waals surface area contributed by atoms with Crippen molar-refractivity contribution in [2.45, 2.75) is 26.8 Å². The first-order valence-corrected chi connectivity index (χ1v) is 9.35. The van der Waals surface area contributed by atoms with Crippen LogP contribution in [0.25, 0.3) is 0 Å². The minimum atomic E-state index is -0.920. The molecule has 1 amide bonds. The monoisotopic (exact) mass is 383 g/mol. The zero-order valence-corrected chi connectivity index (χ0v) is 16.2. The summed E-state index contributed by atoms with van der Waals surface area (Å²) in [6, 6.07) is 13.6. The minimum absolute atomic E-state index is 0.0707. The highest BCUT2D eigenvalue weighted by Gasteiger charge is 2.34. The Morgan fingerprint density at radius 3 is 2.68 bits per heavy atom. The normalized spacial score (nSPS) is 16.3. The summed E-state index contributed by atoms with van der Waals surface area (Å²) in [5, 5.41) is 9.08. The maximum Gasteiger partial charge on any atom is 0.308 e. The zero-order valence-electron chi connectivity index (χ0n) is 16.2. The third-order valence-corrected chi connectivity index (χ3v) is 4.79. The Bertz CT molecular complexity index is 864. The third kappa shape index (κ3) is 5.03. The number of nitrogens with zero attached hydrogens (tertiary/aromatic N) is 1. The van der Waals surface area contributed by atoms with Gasteiger partial charge in [0, 0.05) is 19.5 Å². The van der Waals surface area contributed by atoms with Gasteiger partial charge in [0.25, 0.3) is 0 Å². The van der Waals surface area contributed by atoms with Gasteiger partial charge in [0.2, 0.25) is 5.91 Å². The van der Waals surface area contributed by atoms with Crippen molar-refractivity contribution in [2.24, 2.45) is 5.92 Å². The Labute approximate surface area is 164 Å². The smallest absolute Gasteiger partial charge is 0.308 e. The topological polar surface area (TPSA) is 76.1 Å². The molecule has 1 N–H and O–H groups in total. The summed E-state index contributed by atoms with van der Waals surface area (Å²) in [6.07, 6.45) is 0.0707. The lowest BCUT2D eigenvalue weighted by Crippen LogP contribution is -2.25. The number of amides is 1. The number of aryl methyl sites for hydroxylation is 2. The number of hydrogen-bond donors (Lipinski definition) is 1. The summed E-state index contributed by atoms with van der Waals surface area (Å²) in [7, 11) is 0. The van der Waals surface area contributed by atoms with E-state index in [1.807, 2.05) is 56.3 Å². The summed E-state index contributed by atoms with van der Waals surface area (Å²) < 4.78 is 11.6. The predicted octanol–water partition coefficient (Wildman–Crippen LogP) is 3.19. The van der Waals surface area contributed by atoms with E-state index in [4.69, 9.17) is 14.6 Å². The van der Waals surface area contributed by atoms with Crippen LogP contribution in [0.15, 0.2) is 42.5 Å². The molecule has 1 aliphatic heterocycles. The van der Waals surface area contributed by atoms with E-state index in [1.54, 1.807) is 4.90 Å². The van der Waals surface area contributed by atoms with Gasteiger partial charge in [0.15, 0.2) is 0 Å². The molecule has 0 bridgehead atoms. The molecule has 3 rings (SSSR count). The van der Waals surface area contributed by atoms with Crippen LogP contribution in [0.1, 0.15) is 23.1 Å². The molecule has 1 saturated heterocycles. The molecule has 6 nitrogen and oxygen atoms in total. The first kappa shape index (κ1) is 19.7. The Hall–Kier alpha value is -3.02. The molecular formula is C22H25NO5. The van der Waals surface area contributed by atoms with E-state index < -0.39 is 11.9 Å². The van der Waals surface area contributed by atoms with Gasteiger partial charge in [0.05, 0.1) is 5.92 Å². The molecule has 2 aromatic rings. The van der Waals surface area contributed by atoms with Crippen LogP contribution < -0.4 is 9.47 Å². The van der Waals surface area contributed by atoms with Crippen LogP contribution >= 0.6 is 0 Å². The average molecular weight is 383 g/mol. The lowest BCUT2D eigenvalue weighted by Gasteiger charge is -2.17. The van der Waals surface area contributed by atoms with Crippen LogP contribution in [0, 0.1) is 19.8 Å².